The highest BCUT2D eigenvalue weighted by atomic mass is 16.4. The molecule has 1 rings (SSSR count). The van der Waals surface area contributed by atoms with Gasteiger partial charge in [0.15, 0.2) is 0 Å². The lowest BCUT2D eigenvalue weighted by Crippen LogP contribution is -2.16. The fourth-order valence-corrected chi connectivity index (χ4v) is 1.03. The Hall–Kier alpha value is -1.62. The van der Waals surface area contributed by atoms with Crippen LogP contribution in [0.2, 0.25) is 0 Å². The number of carbonyl (C=O) groups is 1. The molecule has 0 fully saturated rings. The standard InChI is InChI=1S/C8H11N3O2/c9-6-1-2-11-4-5(6)7(10)3-8(12)13/h1-2,4,7H,3,10H2,(H2,9,11)(H,12,13)/t7-/m1/s1. The Morgan fingerprint density at radius 2 is 2.38 bits per heavy atom. The smallest absolute Gasteiger partial charge is 0.305 e. The highest BCUT2D eigenvalue weighted by Gasteiger charge is 2.12. The topological polar surface area (TPSA) is 102 Å². The van der Waals surface area contributed by atoms with Crippen molar-refractivity contribution >= 4 is 11.7 Å². The molecule has 1 heterocycles. The van der Waals surface area contributed by atoms with Crippen LogP contribution in [0.4, 0.5) is 5.69 Å². The van der Waals surface area contributed by atoms with E-state index in [0.717, 1.165) is 0 Å². The summed E-state index contributed by atoms with van der Waals surface area (Å²) in [5.74, 6) is -0.948. The van der Waals surface area contributed by atoms with Crippen LogP contribution in [0.15, 0.2) is 18.5 Å². The van der Waals surface area contributed by atoms with Crippen molar-refractivity contribution in [1.29, 1.82) is 0 Å². The summed E-state index contributed by atoms with van der Waals surface area (Å²) >= 11 is 0. The van der Waals surface area contributed by atoms with E-state index in [1.807, 2.05) is 0 Å². The van der Waals surface area contributed by atoms with Crippen LogP contribution >= 0.6 is 0 Å². The summed E-state index contributed by atoms with van der Waals surface area (Å²) in [5.41, 5.74) is 12.2. The van der Waals surface area contributed by atoms with Gasteiger partial charge in [-0.3, -0.25) is 9.78 Å². The van der Waals surface area contributed by atoms with Crippen molar-refractivity contribution in [1.82, 2.24) is 4.98 Å². The number of nitrogen functional groups attached to an aromatic ring is 1. The summed E-state index contributed by atoms with van der Waals surface area (Å²) in [6.07, 6.45) is 2.88. The first kappa shape index (κ1) is 9.47. The van der Waals surface area contributed by atoms with Gasteiger partial charge in [-0.2, -0.15) is 0 Å². The molecule has 0 aromatic carbocycles. The largest absolute Gasteiger partial charge is 0.481 e. The fraction of sp³-hybridized carbons (Fsp3) is 0.250. The van der Waals surface area contributed by atoms with Crippen LogP contribution in [0, 0.1) is 0 Å². The molecule has 5 heteroatoms. The van der Waals surface area contributed by atoms with Crippen LogP contribution in [-0.2, 0) is 4.79 Å². The van der Waals surface area contributed by atoms with Crippen LogP contribution in [0.1, 0.15) is 18.0 Å². The molecule has 5 N–H and O–H groups in total. The Morgan fingerprint density at radius 3 is 2.92 bits per heavy atom. The molecule has 0 aliphatic rings. The molecule has 1 aromatic rings. The maximum Gasteiger partial charge on any atom is 0.305 e. The van der Waals surface area contributed by atoms with Gasteiger partial charge < -0.3 is 16.6 Å². The van der Waals surface area contributed by atoms with Crippen LogP contribution in [-0.4, -0.2) is 16.1 Å². The van der Waals surface area contributed by atoms with E-state index in [2.05, 4.69) is 4.98 Å². The van der Waals surface area contributed by atoms with Gasteiger partial charge in [-0.15, -0.1) is 0 Å². The number of pyridine rings is 1. The average molecular weight is 181 g/mol. The van der Waals surface area contributed by atoms with E-state index in [1.54, 1.807) is 6.07 Å². The van der Waals surface area contributed by atoms with Crippen molar-refractivity contribution in [3.8, 4) is 0 Å². The lowest BCUT2D eigenvalue weighted by Gasteiger charge is -2.10. The van der Waals surface area contributed by atoms with Gasteiger partial charge in [0, 0.05) is 29.7 Å². The summed E-state index contributed by atoms with van der Waals surface area (Å²) in [6.45, 7) is 0. The molecule has 0 saturated heterocycles. The molecule has 0 bridgehead atoms. The van der Waals surface area contributed by atoms with Crippen molar-refractivity contribution in [2.24, 2.45) is 5.73 Å². The quantitative estimate of drug-likeness (QED) is 0.615. The van der Waals surface area contributed by atoms with Crippen LogP contribution in [0.25, 0.3) is 0 Å². The van der Waals surface area contributed by atoms with E-state index in [0.29, 0.717) is 11.3 Å². The van der Waals surface area contributed by atoms with E-state index in [1.165, 1.54) is 12.4 Å². The van der Waals surface area contributed by atoms with Crippen molar-refractivity contribution in [3.63, 3.8) is 0 Å². The van der Waals surface area contributed by atoms with Gasteiger partial charge in [0.2, 0.25) is 0 Å². The number of anilines is 1. The van der Waals surface area contributed by atoms with Gasteiger partial charge in [0.05, 0.1) is 6.42 Å². The van der Waals surface area contributed by atoms with Crippen LogP contribution in [0.5, 0.6) is 0 Å². The number of carboxylic acid groups (broad SMARTS) is 1. The number of carboxylic acids is 1. The summed E-state index contributed by atoms with van der Waals surface area (Å²) in [7, 11) is 0. The first-order chi connectivity index (χ1) is 6.11. The maximum atomic E-state index is 10.4. The van der Waals surface area contributed by atoms with E-state index < -0.39 is 12.0 Å². The first-order valence-corrected chi connectivity index (χ1v) is 3.78. The second kappa shape index (κ2) is 3.86. The monoisotopic (exact) mass is 181 g/mol. The van der Waals surface area contributed by atoms with Gasteiger partial charge in [-0.1, -0.05) is 0 Å². The Balaban J connectivity index is 2.82. The molecule has 0 aliphatic carbocycles. The number of aliphatic carboxylic acids is 1. The fourth-order valence-electron chi connectivity index (χ4n) is 1.03. The molecule has 70 valence electrons. The number of hydrogen-bond donors (Lipinski definition) is 3. The molecule has 0 radical (unpaired) electrons. The predicted molar refractivity (Wildman–Crippen MR) is 47.8 cm³/mol. The Bertz CT molecular complexity index is 314. The number of aromatic nitrogens is 1. The third-order valence-corrected chi connectivity index (χ3v) is 1.68. The van der Waals surface area contributed by atoms with E-state index in [-0.39, 0.29) is 6.42 Å². The van der Waals surface area contributed by atoms with Crippen molar-refractivity contribution < 1.29 is 9.90 Å². The van der Waals surface area contributed by atoms with Gasteiger partial charge >= 0.3 is 5.97 Å². The predicted octanol–water partition coefficient (Wildman–Crippen LogP) is 0.138. The van der Waals surface area contributed by atoms with Gasteiger partial charge in [-0.05, 0) is 6.07 Å². The molecular weight excluding hydrogens is 170 g/mol. The van der Waals surface area contributed by atoms with Gasteiger partial charge in [0.1, 0.15) is 0 Å². The Morgan fingerprint density at radius 1 is 1.69 bits per heavy atom. The molecule has 13 heavy (non-hydrogen) atoms. The third-order valence-electron chi connectivity index (χ3n) is 1.68. The summed E-state index contributed by atoms with van der Waals surface area (Å²) in [6, 6.07) is 1.00. The highest BCUT2D eigenvalue weighted by molar-refractivity contribution is 5.68. The van der Waals surface area contributed by atoms with E-state index >= 15 is 0 Å². The number of nitrogens with two attached hydrogens (primary N) is 2. The molecular formula is C8H11N3O2. The summed E-state index contributed by atoms with van der Waals surface area (Å²) < 4.78 is 0. The van der Waals surface area contributed by atoms with Crippen LogP contribution in [0.3, 0.4) is 0 Å². The molecule has 0 unspecified atom stereocenters. The van der Waals surface area contributed by atoms with Crippen molar-refractivity contribution in [2.75, 3.05) is 5.73 Å². The zero-order valence-electron chi connectivity index (χ0n) is 6.97. The van der Waals surface area contributed by atoms with Crippen molar-refractivity contribution in [3.05, 3.63) is 24.0 Å². The zero-order chi connectivity index (χ0) is 9.84. The SMILES string of the molecule is Nc1ccncc1[C@H](N)CC(=O)O. The molecule has 1 atom stereocenters. The molecule has 1 aromatic heterocycles. The second-order valence-electron chi connectivity index (χ2n) is 2.71. The Kier molecular flexibility index (Phi) is 2.81. The minimum atomic E-state index is -0.948. The number of hydrogen-bond acceptors (Lipinski definition) is 4. The second-order valence-corrected chi connectivity index (χ2v) is 2.71. The maximum absolute atomic E-state index is 10.4. The molecule has 5 nitrogen and oxygen atoms in total. The van der Waals surface area contributed by atoms with Gasteiger partial charge in [-0.25, -0.2) is 0 Å². The number of nitrogens with zero attached hydrogens (tertiary/aromatic N) is 1. The Labute approximate surface area is 75.4 Å². The van der Waals surface area contributed by atoms with Gasteiger partial charge in [0.25, 0.3) is 0 Å². The number of rotatable bonds is 3. The third kappa shape index (κ3) is 2.41. The summed E-state index contributed by atoms with van der Waals surface area (Å²) in [4.78, 5) is 14.2. The van der Waals surface area contributed by atoms with E-state index in [4.69, 9.17) is 16.6 Å². The average Bonchev–Trinajstić information content (AvgIpc) is 2.03. The first-order valence-electron chi connectivity index (χ1n) is 3.78. The molecule has 0 aliphatic heterocycles. The lowest BCUT2D eigenvalue weighted by atomic mass is 10.1. The zero-order valence-corrected chi connectivity index (χ0v) is 6.97. The molecule has 0 saturated carbocycles. The molecule has 0 amide bonds. The lowest BCUT2D eigenvalue weighted by molar-refractivity contribution is -0.137. The minimum Gasteiger partial charge on any atom is -0.481 e. The normalized spacial score (nSPS) is 12.4. The van der Waals surface area contributed by atoms with Crippen molar-refractivity contribution in [2.45, 2.75) is 12.5 Å². The summed E-state index contributed by atoms with van der Waals surface area (Å²) in [5, 5.41) is 8.49. The van der Waals surface area contributed by atoms with E-state index in [9.17, 15) is 4.79 Å². The highest BCUT2D eigenvalue weighted by Crippen LogP contribution is 2.18. The minimum absolute atomic E-state index is 0.143. The van der Waals surface area contributed by atoms with Crippen LogP contribution < -0.4 is 11.5 Å². The molecule has 0 spiro atoms.